The number of hydroxylamine groups is 1. The van der Waals surface area contributed by atoms with Crippen LogP contribution in [0.4, 0.5) is 0 Å². The average molecular weight is 441 g/mol. The van der Waals surface area contributed by atoms with Gasteiger partial charge in [-0.05, 0) is 65.2 Å². The summed E-state index contributed by atoms with van der Waals surface area (Å²) < 4.78 is 11.4. The molecule has 0 bridgehead atoms. The Labute approximate surface area is 186 Å². The predicted octanol–water partition coefficient (Wildman–Crippen LogP) is 3.13. The number of carbonyl (C=O) groups is 3. The van der Waals surface area contributed by atoms with Gasteiger partial charge in [0.1, 0.15) is 6.10 Å². The van der Waals surface area contributed by atoms with Gasteiger partial charge in [-0.2, -0.15) is 0 Å². The first-order valence-corrected chi connectivity index (χ1v) is 11.2. The number of esters is 1. The van der Waals surface area contributed by atoms with Crippen LogP contribution >= 0.6 is 0 Å². The number of nitrogens with one attached hydrogen (secondary N) is 2. The largest absolute Gasteiger partial charge is 0.461 e. The van der Waals surface area contributed by atoms with Crippen molar-refractivity contribution in [2.45, 2.75) is 90.9 Å². The zero-order valence-corrected chi connectivity index (χ0v) is 19.6. The van der Waals surface area contributed by atoms with Crippen LogP contribution in [0.2, 0.25) is 0 Å². The lowest BCUT2D eigenvalue weighted by molar-refractivity contribution is -0.157. The zero-order valence-electron chi connectivity index (χ0n) is 19.6. The maximum atomic E-state index is 13.2. The molecule has 1 aliphatic carbocycles. The van der Waals surface area contributed by atoms with Gasteiger partial charge < -0.3 is 14.8 Å². The highest BCUT2D eigenvalue weighted by atomic mass is 16.6. The number of amides is 2. The van der Waals surface area contributed by atoms with Crippen molar-refractivity contribution in [3.05, 3.63) is 12.7 Å². The molecule has 0 aromatic heterocycles. The average Bonchev–Trinajstić information content (AvgIpc) is 3.18. The minimum Gasteiger partial charge on any atom is -0.461 e. The van der Waals surface area contributed by atoms with E-state index in [1.807, 2.05) is 34.6 Å². The Balaban J connectivity index is 3.03. The molecule has 1 saturated carbocycles. The number of hydrogen-bond acceptors (Lipinski definition) is 6. The van der Waals surface area contributed by atoms with E-state index in [9.17, 15) is 14.4 Å². The van der Waals surface area contributed by atoms with Crippen LogP contribution in [0, 0.1) is 17.8 Å². The molecule has 2 amide bonds. The van der Waals surface area contributed by atoms with Gasteiger partial charge in [0.25, 0.3) is 0 Å². The molecule has 8 nitrogen and oxygen atoms in total. The van der Waals surface area contributed by atoms with E-state index in [4.69, 9.17) is 14.7 Å². The molecule has 0 aromatic carbocycles. The van der Waals surface area contributed by atoms with Crippen LogP contribution in [0.5, 0.6) is 0 Å². The van der Waals surface area contributed by atoms with Crippen molar-refractivity contribution in [3.63, 3.8) is 0 Å². The van der Waals surface area contributed by atoms with Crippen LogP contribution in [0.1, 0.15) is 73.1 Å². The van der Waals surface area contributed by atoms with E-state index in [1.54, 1.807) is 5.48 Å². The van der Waals surface area contributed by atoms with E-state index in [2.05, 4.69) is 11.9 Å². The Hall–Kier alpha value is -1.93. The van der Waals surface area contributed by atoms with E-state index >= 15 is 0 Å². The Kier molecular flexibility index (Phi) is 11.2. The van der Waals surface area contributed by atoms with E-state index in [1.165, 1.54) is 6.08 Å². The molecule has 1 aliphatic rings. The molecular formula is C23H40N2O6. The van der Waals surface area contributed by atoms with Gasteiger partial charge in [0.2, 0.25) is 11.8 Å². The lowest BCUT2D eigenvalue weighted by Gasteiger charge is -2.29. The first-order valence-electron chi connectivity index (χ1n) is 11.2. The third-order valence-electron chi connectivity index (χ3n) is 5.28. The zero-order chi connectivity index (χ0) is 23.6. The van der Waals surface area contributed by atoms with Gasteiger partial charge in [0.05, 0.1) is 24.0 Å². The summed E-state index contributed by atoms with van der Waals surface area (Å²) >= 11 is 0. The molecule has 0 aliphatic heterocycles. The third-order valence-corrected chi connectivity index (χ3v) is 5.28. The Morgan fingerprint density at radius 1 is 1.13 bits per heavy atom. The van der Waals surface area contributed by atoms with Crippen LogP contribution in [-0.4, -0.2) is 47.3 Å². The number of carbonyl (C=O) groups excluding carboxylic acids is 3. The summed E-state index contributed by atoms with van der Waals surface area (Å²) in [4.78, 5) is 38.3. The van der Waals surface area contributed by atoms with Crippen molar-refractivity contribution in [2.24, 2.45) is 17.8 Å². The van der Waals surface area contributed by atoms with Crippen LogP contribution < -0.4 is 10.8 Å². The Bertz CT molecular complexity index is 608. The number of hydrogen-bond donors (Lipinski definition) is 3. The molecular weight excluding hydrogens is 400 g/mol. The molecule has 0 radical (unpaired) electrons. The number of allylic oxidation sites excluding steroid dienone is 1. The summed E-state index contributed by atoms with van der Waals surface area (Å²) in [6.07, 6.45) is 5.69. The van der Waals surface area contributed by atoms with Crippen molar-refractivity contribution in [1.29, 1.82) is 0 Å². The van der Waals surface area contributed by atoms with Crippen LogP contribution in [0.3, 0.4) is 0 Å². The summed E-state index contributed by atoms with van der Waals surface area (Å²) in [6.45, 7) is 13.1. The SMILES string of the molecule is C=CC[C@H](C(=O)NO)[C@@H](CC(C)C)C(=O)NC(COC(C)(C)C)C(=O)OC1CCCC1. The summed E-state index contributed by atoms with van der Waals surface area (Å²) in [6, 6.07) is -0.983. The number of ether oxygens (including phenoxy) is 2. The molecule has 3 atom stereocenters. The van der Waals surface area contributed by atoms with E-state index in [-0.39, 0.29) is 25.0 Å². The molecule has 3 N–H and O–H groups in total. The van der Waals surface area contributed by atoms with E-state index in [0.717, 1.165) is 25.7 Å². The lowest BCUT2D eigenvalue weighted by atomic mass is 9.82. The highest BCUT2D eigenvalue weighted by molar-refractivity contribution is 5.90. The first-order chi connectivity index (χ1) is 14.5. The maximum Gasteiger partial charge on any atom is 0.331 e. The van der Waals surface area contributed by atoms with Gasteiger partial charge in [-0.15, -0.1) is 6.58 Å². The monoisotopic (exact) mass is 440 g/mol. The third kappa shape index (κ3) is 9.82. The smallest absolute Gasteiger partial charge is 0.331 e. The molecule has 0 aromatic rings. The molecule has 178 valence electrons. The van der Waals surface area contributed by atoms with Crippen LogP contribution in [0.25, 0.3) is 0 Å². The highest BCUT2D eigenvalue weighted by Crippen LogP contribution is 2.26. The molecule has 8 heteroatoms. The molecule has 31 heavy (non-hydrogen) atoms. The summed E-state index contributed by atoms with van der Waals surface area (Å²) in [5, 5.41) is 11.9. The molecule has 0 heterocycles. The van der Waals surface area contributed by atoms with Gasteiger partial charge in [-0.1, -0.05) is 19.9 Å². The standard InChI is InChI=1S/C23H40N2O6/c1-7-10-17(21(27)25-29)18(13-15(2)3)20(26)24-19(14-30-23(4,5)6)22(28)31-16-11-8-9-12-16/h7,15-19,29H,1,8-14H2,2-6H3,(H,24,26)(H,25,27)/t17-,18+,19?/m0/s1. The van der Waals surface area contributed by atoms with Crippen molar-refractivity contribution in [1.82, 2.24) is 10.8 Å². The van der Waals surface area contributed by atoms with Crippen molar-refractivity contribution >= 4 is 17.8 Å². The fourth-order valence-electron chi connectivity index (χ4n) is 3.71. The fourth-order valence-corrected chi connectivity index (χ4v) is 3.71. The van der Waals surface area contributed by atoms with Gasteiger partial charge in [-0.25, -0.2) is 10.3 Å². The predicted molar refractivity (Wildman–Crippen MR) is 117 cm³/mol. The minimum absolute atomic E-state index is 0.0342. The van der Waals surface area contributed by atoms with Crippen molar-refractivity contribution in [2.75, 3.05) is 6.61 Å². The molecule has 0 spiro atoms. The summed E-state index contributed by atoms with van der Waals surface area (Å²) in [7, 11) is 0. The maximum absolute atomic E-state index is 13.2. The van der Waals surface area contributed by atoms with E-state index < -0.39 is 41.3 Å². The lowest BCUT2D eigenvalue weighted by Crippen LogP contribution is -2.51. The second kappa shape index (κ2) is 12.8. The van der Waals surface area contributed by atoms with Gasteiger partial charge in [0, 0.05) is 0 Å². The van der Waals surface area contributed by atoms with Crippen molar-refractivity contribution < 1.29 is 29.1 Å². The van der Waals surface area contributed by atoms with Gasteiger partial charge in [0.15, 0.2) is 6.04 Å². The second-order valence-corrected chi connectivity index (χ2v) is 9.67. The fraction of sp³-hybridized carbons (Fsp3) is 0.783. The molecule has 1 fully saturated rings. The van der Waals surface area contributed by atoms with Gasteiger partial charge >= 0.3 is 5.97 Å². The Morgan fingerprint density at radius 2 is 1.74 bits per heavy atom. The molecule has 0 saturated heterocycles. The molecule has 1 unspecified atom stereocenters. The van der Waals surface area contributed by atoms with Crippen molar-refractivity contribution in [3.8, 4) is 0 Å². The van der Waals surface area contributed by atoms with E-state index in [0.29, 0.717) is 6.42 Å². The Morgan fingerprint density at radius 3 is 2.23 bits per heavy atom. The quantitative estimate of drug-likeness (QED) is 0.186. The summed E-state index contributed by atoms with van der Waals surface area (Å²) in [5.41, 5.74) is 1.14. The molecule has 1 rings (SSSR count). The normalized spacial score (nSPS) is 17.6. The summed E-state index contributed by atoms with van der Waals surface area (Å²) in [5.74, 6) is -3.07. The van der Waals surface area contributed by atoms with Crippen LogP contribution in [-0.2, 0) is 23.9 Å². The van der Waals surface area contributed by atoms with Crippen LogP contribution in [0.15, 0.2) is 12.7 Å². The van der Waals surface area contributed by atoms with Gasteiger partial charge in [-0.3, -0.25) is 14.8 Å². The minimum atomic E-state index is -0.983. The first kappa shape index (κ1) is 27.1. The number of rotatable bonds is 12. The second-order valence-electron chi connectivity index (χ2n) is 9.67. The topological polar surface area (TPSA) is 114 Å². The highest BCUT2D eigenvalue weighted by Gasteiger charge is 2.36.